The molecule has 0 bridgehead atoms. The first kappa shape index (κ1) is 21.5. The van der Waals surface area contributed by atoms with Crippen LogP contribution in [0.5, 0.6) is 0 Å². The molecule has 1 aromatic rings. The first-order valence-corrected chi connectivity index (χ1v) is 8.40. The zero-order valence-corrected chi connectivity index (χ0v) is 14.8. The van der Waals surface area contributed by atoms with Crippen LogP contribution in [0.2, 0.25) is 0 Å². The molecule has 9 nitrogen and oxygen atoms in total. The Morgan fingerprint density at radius 1 is 1.04 bits per heavy atom. The number of nitrogens with two attached hydrogens (primary N) is 2. The topological polar surface area (TPSA) is 165 Å². The number of thiol groups is 1. The van der Waals surface area contributed by atoms with Crippen LogP contribution in [0, 0.1) is 0 Å². The van der Waals surface area contributed by atoms with E-state index >= 15 is 0 Å². The zero-order valence-electron chi connectivity index (χ0n) is 13.9. The molecule has 1 rings (SSSR count). The quantitative estimate of drug-likeness (QED) is 0.267. The molecule has 0 aliphatic rings. The minimum atomic E-state index is -1.21. The van der Waals surface area contributed by atoms with Gasteiger partial charge in [0.15, 0.2) is 0 Å². The molecule has 1 aromatic carbocycles. The van der Waals surface area contributed by atoms with E-state index in [1.54, 1.807) is 30.3 Å². The third-order valence-corrected chi connectivity index (χ3v) is 3.84. The first-order valence-electron chi connectivity index (χ1n) is 7.76. The van der Waals surface area contributed by atoms with E-state index in [1.807, 2.05) is 0 Å². The van der Waals surface area contributed by atoms with Crippen molar-refractivity contribution in [1.82, 2.24) is 10.6 Å². The molecule has 7 N–H and O–H groups in total. The summed E-state index contributed by atoms with van der Waals surface area (Å²) < 4.78 is 0. The molecule has 0 aliphatic carbocycles. The number of nitrogens with one attached hydrogen (secondary N) is 2. The largest absolute Gasteiger partial charge is 0.480 e. The maximum absolute atomic E-state index is 12.3. The normalized spacial score (nSPS) is 13.9. The van der Waals surface area contributed by atoms with Crippen molar-refractivity contribution in [1.29, 1.82) is 0 Å². The van der Waals surface area contributed by atoms with Crippen LogP contribution in [0.15, 0.2) is 30.3 Å². The van der Waals surface area contributed by atoms with Gasteiger partial charge in [-0.1, -0.05) is 30.3 Å². The highest BCUT2D eigenvalue weighted by atomic mass is 32.1. The maximum atomic E-state index is 12.3. The highest BCUT2D eigenvalue weighted by molar-refractivity contribution is 7.80. The Morgan fingerprint density at radius 3 is 2.12 bits per heavy atom. The Bertz CT molecular complexity index is 655. The van der Waals surface area contributed by atoms with Gasteiger partial charge in [-0.15, -0.1) is 0 Å². The summed E-state index contributed by atoms with van der Waals surface area (Å²) in [4.78, 5) is 46.4. The van der Waals surface area contributed by atoms with E-state index in [2.05, 4.69) is 23.3 Å². The molecule has 10 heteroatoms. The summed E-state index contributed by atoms with van der Waals surface area (Å²) >= 11 is 3.99. The standard InChI is InChI=1S/C16H22N4O5S/c17-10(7-13(18)21)14(22)20-12(8-26)15(23)19-11(16(24)25)6-9-4-2-1-3-5-9/h1-5,10-12,26H,6-8,17H2,(H2,18,21)(H,19,23)(H,20,22)(H,24,25). The number of carbonyl (C=O) groups is 4. The van der Waals surface area contributed by atoms with E-state index in [-0.39, 0.29) is 18.6 Å². The molecule has 0 saturated carbocycles. The summed E-state index contributed by atoms with van der Waals surface area (Å²) in [5, 5.41) is 14.0. The number of benzene rings is 1. The molecule has 26 heavy (non-hydrogen) atoms. The van der Waals surface area contributed by atoms with Crippen LogP contribution in [0.25, 0.3) is 0 Å². The zero-order chi connectivity index (χ0) is 19.7. The molecule has 3 atom stereocenters. The molecule has 0 saturated heterocycles. The minimum absolute atomic E-state index is 0.0797. The number of carboxylic acids is 1. The average Bonchev–Trinajstić information content (AvgIpc) is 2.58. The molecule has 0 fully saturated rings. The SMILES string of the molecule is NC(=O)CC(N)C(=O)NC(CS)C(=O)NC(Cc1ccccc1)C(=O)O. The minimum Gasteiger partial charge on any atom is -0.480 e. The molecule has 142 valence electrons. The Balaban J connectivity index is 2.71. The van der Waals surface area contributed by atoms with Crippen molar-refractivity contribution in [2.24, 2.45) is 11.5 Å². The number of carboxylic acid groups (broad SMARTS) is 1. The molecular formula is C16H22N4O5S. The predicted molar refractivity (Wildman–Crippen MR) is 97.3 cm³/mol. The fourth-order valence-corrected chi connectivity index (χ4v) is 2.36. The van der Waals surface area contributed by atoms with Crippen LogP contribution in [-0.4, -0.2) is 52.7 Å². The lowest BCUT2D eigenvalue weighted by Gasteiger charge is -2.21. The van der Waals surface area contributed by atoms with Gasteiger partial charge in [-0.25, -0.2) is 4.79 Å². The molecular weight excluding hydrogens is 360 g/mol. The van der Waals surface area contributed by atoms with E-state index in [1.165, 1.54) is 0 Å². The monoisotopic (exact) mass is 382 g/mol. The molecule has 3 unspecified atom stereocenters. The van der Waals surface area contributed by atoms with Gasteiger partial charge in [0, 0.05) is 12.2 Å². The van der Waals surface area contributed by atoms with Crippen LogP contribution in [0.1, 0.15) is 12.0 Å². The number of rotatable bonds is 10. The lowest BCUT2D eigenvalue weighted by Crippen LogP contribution is -2.56. The van der Waals surface area contributed by atoms with Crippen molar-refractivity contribution in [2.75, 3.05) is 5.75 Å². The van der Waals surface area contributed by atoms with Gasteiger partial charge in [0.05, 0.1) is 12.5 Å². The summed E-state index contributed by atoms with van der Waals surface area (Å²) in [5.41, 5.74) is 11.2. The fraction of sp³-hybridized carbons (Fsp3) is 0.375. The summed E-state index contributed by atoms with van der Waals surface area (Å²) in [6.45, 7) is 0. The molecule has 0 heterocycles. The number of aliphatic carboxylic acids is 1. The van der Waals surface area contributed by atoms with Gasteiger partial charge in [-0.2, -0.15) is 12.6 Å². The molecule has 0 aliphatic heterocycles. The number of primary amides is 1. The third kappa shape index (κ3) is 7.11. The smallest absolute Gasteiger partial charge is 0.326 e. The van der Waals surface area contributed by atoms with Crippen LogP contribution in [0.4, 0.5) is 0 Å². The van der Waals surface area contributed by atoms with E-state index < -0.39 is 41.8 Å². The van der Waals surface area contributed by atoms with E-state index in [0.717, 1.165) is 5.56 Å². The van der Waals surface area contributed by atoms with Gasteiger partial charge in [-0.05, 0) is 5.56 Å². The first-order chi connectivity index (χ1) is 12.2. The van der Waals surface area contributed by atoms with Crippen molar-refractivity contribution in [2.45, 2.75) is 31.0 Å². The van der Waals surface area contributed by atoms with E-state index in [9.17, 15) is 24.3 Å². The Morgan fingerprint density at radius 2 is 1.62 bits per heavy atom. The second-order valence-electron chi connectivity index (χ2n) is 5.61. The van der Waals surface area contributed by atoms with Crippen molar-refractivity contribution >= 4 is 36.3 Å². The van der Waals surface area contributed by atoms with Crippen LogP contribution in [-0.2, 0) is 25.6 Å². The number of hydrogen-bond donors (Lipinski definition) is 6. The van der Waals surface area contributed by atoms with Crippen molar-refractivity contribution in [3.8, 4) is 0 Å². The number of carbonyl (C=O) groups excluding carboxylic acids is 3. The second kappa shape index (κ2) is 10.4. The highest BCUT2D eigenvalue weighted by Crippen LogP contribution is 2.04. The Hall–Kier alpha value is -2.59. The fourth-order valence-electron chi connectivity index (χ4n) is 2.10. The molecule has 0 spiro atoms. The average molecular weight is 382 g/mol. The van der Waals surface area contributed by atoms with Crippen molar-refractivity contribution in [3.05, 3.63) is 35.9 Å². The molecule has 3 amide bonds. The number of hydrogen-bond acceptors (Lipinski definition) is 6. The van der Waals surface area contributed by atoms with E-state index in [4.69, 9.17) is 11.5 Å². The van der Waals surface area contributed by atoms with Crippen LogP contribution in [0.3, 0.4) is 0 Å². The predicted octanol–water partition coefficient (Wildman–Crippen LogP) is -1.58. The van der Waals surface area contributed by atoms with Gasteiger partial charge in [-0.3, -0.25) is 14.4 Å². The van der Waals surface area contributed by atoms with Gasteiger partial charge in [0.2, 0.25) is 17.7 Å². The van der Waals surface area contributed by atoms with Gasteiger partial charge in [0.25, 0.3) is 0 Å². The van der Waals surface area contributed by atoms with Crippen molar-refractivity contribution in [3.63, 3.8) is 0 Å². The molecule has 0 aromatic heterocycles. The number of amides is 3. The Kier molecular flexibility index (Phi) is 8.59. The summed E-state index contributed by atoms with van der Waals surface area (Å²) in [5.74, 6) is -3.53. The second-order valence-corrected chi connectivity index (χ2v) is 5.97. The third-order valence-electron chi connectivity index (χ3n) is 3.47. The lowest BCUT2D eigenvalue weighted by molar-refractivity contribution is -0.142. The summed E-state index contributed by atoms with van der Waals surface area (Å²) in [6.07, 6.45) is -0.297. The van der Waals surface area contributed by atoms with Gasteiger partial charge in [0.1, 0.15) is 12.1 Å². The van der Waals surface area contributed by atoms with Gasteiger partial charge < -0.3 is 27.2 Å². The molecule has 0 radical (unpaired) electrons. The Labute approximate surface area is 155 Å². The van der Waals surface area contributed by atoms with E-state index in [0.29, 0.717) is 0 Å². The summed E-state index contributed by atoms with van der Waals surface area (Å²) in [7, 11) is 0. The maximum Gasteiger partial charge on any atom is 0.326 e. The van der Waals surface area contributed by atoms with Crippen molar-refractivity contribution < 1.29 is 24.3 Å². The van der Waals surface area contributed by atoms with Gasteiger partial charge >= 0.3 is 5.97 Å². The van der Waals surface area contributed by atoms with Crippen LogP contribution < -0.4 is 22.1 Å². The summed E-state index contributed by atoms with van der Waals surface area (Å²) in [6, 6.07) is 5.29. The van der Waals surface area contributed by atoms with Crippen LogP contribution >= 0.6 is 12.6 Å². The lowest BCUT2D eigenvalue weighted by atomic mass is 10.1. The highest BCUT2D eigenvalue weighted by Gasteiger charge is 2.27.